The van der Waals surface area contributed by atoms with Crippen LogP contribution in [0.25, 0.3) is 0 Å². The van der Waals surface area contributed by atoms with Crippen molar-refractivity contribution in [2.75, 3.05) is 25.5 Å². The minimum atomic E-state index is -0.156. The third kappa shape index (κ3) is 3.77. The number of hydrogen-bond donors (Lipinski definition) is 1. The molecule has 1 N–H and O–H groups in total. The number of nitrogens with zero attached hydrogens (tertiary/aromatic N) is 3. The highest BCUT2D eigenvalue weighted by Crippen LogP contribution is 2.19. The van der Waals surface area contributed by atoms with Gasteiger partial charge in [-0.15, -0.1) is 0 Å². The van der Waals surface area contributed by atoms with E-state index >= 15 is 0 Å². The molecule has 102 valence electrons. The zero-order valence-electron chi connectivity index (χ0n) is 11.5. The maximum atomic E-state index is 11.9. The second-order valence-corrected chi connectivity index (χ2v) is 4.91. The molecule has 2 rings (SSSR count). The normalized spacial score (nSPS) is 14.1. The van der Waals surface area contributed by atoms with Crippen LogP contribution in [0.1, 0.15) is 36.2 Å². The second-order valence-electron chi connectivity index (χ2n) is 4.91. The van der Waals surface area contributed by atoms with Crippen LogP contribution in [0.15, 0.2) is 24.0 Å². The highest BCUT2D eigenvalue weighted by Gasteiger charge is 2.09. The van der Waals surface area contributed by atoms with Gasteiger partial charge in [0.25, 0.3) is 5.91 Å². The van der Waals surface area contributed by atoms with Crippen molar-refractivity contribution in [3.63, 3.8) is 0 Å². The molecule has 0 saturated carbocycles. The fourth-order valence-electron chi connectivity index (χ4n) is 2.06. The summed E-state index contributed by atoms with van der Waals surface area (Å²) in [5.41, 5.74) is 1.82. The van der Waals surface area contributed by atoms with Crippen molar-refractivity contribution in [3.8, 4) is 0 Å². The summed E-state index contributed by atoms with van der Waals surface area (Å²) in [5, 5.41) is 2.88. The average Bonchev–Trinajstić information content (AvgIpc) is 2.92. The summed E-state index contributed by atoms with van der Waals surface area (Å²) in [4.78, 5) is 22.0. The van der Waals surface area contributed by atoms with E-state index in [0.717, 1.165) is 12.2 Å². The molecule has 0 unspecified atom stereocenters. The van der Waals surface area contributed by atoms with Crippen LogP contribution in [-0.4, -0.2) is 36.5 Å². The lowest BCUT2D eigenvalue weighted by Gasteiger charge is -2.10. The molecule has 5 nitrogen and oxygen atoms in total. The van der Waals surface area contributed by atoms with E-state index in [0.29, 0.717) is 12.2 Å². The van der Waals surface area contributed by atoms with Crippen LogP contribution in [0.4, 0.5) is 5.82 Å². The maximum absolute atomic E-state index is 11.9. The Morgan fingerprint density at radius 2 is 2.21 bits per heavy atom. The first-order valence-corrected chi connectivity index (χ1v) is 6.62. The molecular weight excluding hydrogens is 240 g/mol. The van der Waals surface area contributed by atoms with Gasteiger partial charge in [0.1, 0.15) is 11.5 Å². The number of amides is 1. The minimum absolute atomic E-state index is 0.156. The molecule has 0 aliphatic heterocycles. The van der Waals surface area contributed by atoms with Crippen LogP contribution >= 0.6 is 0 Å². The summed E-state index contributed by atoms with van der Waals surface area (Å²) in [5.74, 6) is 0.587. The fourth-order valence-corrected chi connectivity index (χ4v) is 2.06. The summed E-state index contributed by atoms with van der Waals surface area (Å²) in [6.45, 7) is 0.668. The van der Waals surface area contributed by atoms with Crippen molar-refractivity contribution < 1.29 is 4.79 Å². The SMILES string of the molecule is CN(C)c1cnc(C(=O)NCCC2=CCCC2)cn1. The molecule has 0 bridgehead atoms. The van der Waals surface area contributed by atoms with E-state index in [-0.39, 0.29) is 5.91 Å². The Morgan fingerprint density at radius 1 is 1.37 bits per heavy atom. The maximum Gasteiger partial charge on any atom is 0.271 e. The molecule has 1 aliphatic rings. The number of aromatic nitrogens is 2. The zero-order chi connectivity index (χ0) is 13.7. The van der Waals surface area contributed by atoms with Crippen molar-refractivity contribution in [2.24, 2.45) is 0 Å². The monoisotopic (exact) mass is 260 g/mol. The van der Waals surface area contributed by atoms with Gasteiger partial charge in [-0.3, -0.25) is 4.79 Å². The lowest BCUT2D eigenvalue weighted by atomic mass is 10.2. The van der Waals surface area contributed by atoms with E-state index in [2.05, 4.69) is 21.4 Å². The van der Waals surface area contributed by atoms with Crippen molar-refractivity contribution >= 4 is 11.7 Å². The van der Waals surface area contributed by atoms with Gasteiger partial charge in [-0.05, 0) is 25.7 Å². The lowest BCUT2D eigenvalue weighted by Crippen LogP contribution is -2.26. The molecule has 19 heavy (non-hydrogen) atoms. The Hall–Kier alpha value is -1.91. The van der Waals surface area contributed by atoms with E-state index < -0.39 is 0 Å². The van der Waals surface area contributed by atoms with E-state index in [1.54, 1.807) is 6.20 Å². The van der Waals surface area contributed by atoms with Crippen molar-refractivity contribution in [1.29, 1.82) is 0 Å². The van der Waals surface area contributed by atoms with E-state index in [9.17, 15) is 4.79 Å². The summed E-state index contributed by atoms with van der Waals surface area (Å²) in [7, 11) is 3.78. The lowest BCUT2D eigenvalue weighted by molar-refractivity contribution is 0.0948. The summed E-state index contributed by atoms with van der Waals surface area (Å²) < 4.78 is 0. The van der Waals surface area contributed by atoms with Gasteiger partial charge in [0, 0.05) is 20.6 Å². The number of rotatable bonds is 5. The van der Waals surface area contributed by atoms with Crippen molar-refractivity contribution in [2.45, 2.75) is 25.7 Å². The summed E-state index contributed by atoms with van der Waals surface area (Å²) >= 11 is 0. The molecule has 0 saturated heterocycles. The first kappa shape index (κ1) is 13.5. The molecule has 1 amide bonds. The number of allylic oxidation sites excluding steroid dienone is 1. The van der Waals surface area contributed by atoms with E-state index in [1.807, 2.05) is 19.0 Å². The number of carbonyl (C=O) groups is 1. The van der Waals surface area contributed by atoms with Crippen LogP contribution in [0, 0.1) is 0 Å². The van der Waals surface area contributed by atoms with Crippen LogP contribution in [0.5, 0.6) is 0 Å². The first-order valence-electron chi connectivity index (χ1n) is 6.62. The Kier molecular flexibility index (Phi) is 4.49. The fraction of sp³-hybridized carbons (Fsp3) is 0.500. The van der Waals surface area contributed by atoms with Crippen LogP contribution in [0.3, 0.4) is 0 Å². The van der Waals surface area contributed by atoms with Gasteiger partial charge >= 0.3 is 0 Å². The van der Waals surface area contributed by atoms with Gasteiger partial charge in [-0.2, -0.15) is 0 Å². The first-order chi connectivity index (χ1) is 9.16. The molecule has 0 atom stereocenters. The molecular formula is C14H20N4O. The molecule has 0 radical (unpaired) electrons. The van der Waals surface area contributed by atoms with Gasteiger partial charge < -0.3 is 10.2 Å². The molecule has 0 fully saturated rings. The Bertz CT molecular complexity index is 465. The number of anilines is 1. The average molecular weight is 260 g/mol. The van der Waals surface area contributed by atoms with Gasteiger partial charge in [-0.25, -0.2) is 9.97 Å². The minimum Gasteiger partial charge on any atom is -0.361 e. The zero-order valence-corrected chi connectivity index (χ0v) is 11.5. The summed E-state index contributed by atoms with van der Waals surface area (Å²) in [6, 6.07) is 0. The predicted octanol–water partition coefficient (Wildman–Crippen LogP) is 1.77. The van der Waals surface area contributed by atoms with Crippen molar-refractivity contribution in [3.05, 3.63) is 29.7 Å². The van der Waals surface area contributed by atoms with Gasteiger partial charge in [0.05, 0.1) is 12.4 Å². The molecule has 0 aromatic carbocycles. The highest BCUT2D eigenvalue weighted by molar-refractivity contribution is 5.91. The third-order valence-corrected chi connectivity index (χ3v) is 3.20. The second kappa shape index (κ2) is 6.31. The van der Waals surface area contributed by atoms with Gasteiger partial charge in [0.15, 0.2) is 0 Å². The molecule has 1 aromatic heterocycles. The van der Waals surface area contributed by atoms with Crippen LogP contribution in [-0.2, 0) is 0 Å². The Labute approximate surface area is 113 Å². The van der Waals surface area contributed by atoms with Crippen LogP contribution in [0.2, 0.25) is 0 Å². The highest BCUT2D eigenvalue weighted by atomic mass is 16.1. The Balaban J connectivity index is 1.82. The standard InChI is InChI=1S/C14H20N4O/c1-18(2)13-10-16-12(9-17-13)14(19)15-8-7-11-5-3-4-6-11/h5,9-10H,3-4,6-8H2,1-2H3,(H,15,19). The largest absolute Gasteiger partial charge is 0.361 e. The van der Waals surface area contributed by atoms with E-state index in [4.69, 9.17) is 0 Å². The van der Waals surface area contributed by atoms with Crippen LogP contribution < -0.4 is 10.2 Å². The molecule has 1 heterocycles. The molecule has 1 aliphatic carbocycles. The third-order valence-electron chi connectivity index (χ3n) is 3.20. The number of carbonyl (C=O) groups excluding carboxylic acids is 1. The summed E-state index contributed by atoms with van der Waals surface area (Å²) in [6.07, 6.45) is 9.94. The van der Waals surface area contributed by atoms with Crippen molar-refractivity contribution in [1.82, 2.24) is 15.3 Å². The quantitative estimate of drug-likeness (QED) is 0.820. The molecule has 5 heteroatoms. The van der Waals surface area contributed by atoms with E-state index in [1.165, 1.54) is 31.0 Å². The van der Waals surface area contributed by atoms with Gasteiger partial charge in [0.2, 0.25) is 0 Å². The Morgan fingerprint density at radius 3 is 2.79 bits per heavy atom. The number of hydrogen-bond acceptors (Lipinski definition) is 4. The van der Waals surface area contributed by atoms with Gasteiger partial charge in [-0.1, -0.05) is 11.6 Å². The number of nitrogens with one attached hydrogen (secondary N) is 1. The topological polar surface area (TPSA) is 58.1 Å². The molecule has 1 aromatic rings. The predicted molar refractivity (Wildman–Crippen MR) is 75.2 cm³/mol. The smallest absolute Gasteiger partial charge is 0.271 e. The molecule has 0 spiro atoms.